The number of thioether (sulfide) groups is 1. The molecule has 1 saturated carbocycles. The maximum Gasteiger partial charge on any atom is 0.305 e. The summed E-state index contributed by atoms with van der Waals surface area (Å²) in [5.41, 5.74) is 0. The molecule has 0 radical (unpaired) electrons. The number of amides is 1. The molecule has 0 spiro atoms. The number of carbonyl (C=O) groups is 2. The van der Waals surface area contributed by atoms with Crippen LogP contribution in [0, 0.1) is 5.92 Å². The van der Waals surface area contributed by atoms with Gasteiger partial charge in [-0.05, 0) is 18.8 Å². The second-order valence-electron chi connectivity index (χ2n) is 5.62. The van der Waals surface area contributed by atoms with Crippen LogP contribution < -0.4 is 0 Å². The molecule has 0 aromatic carbocycles. The molecule has 2 fully saturated rings. The third kappa shape index (κ3) is 4.41. The lowest BCUT2D eigenvalue weighted by atomic mass is 9.86. The van der Waals surface area contributed by atoms with Crippen LogP contribution in [0.25, 0.3) is 0 Å². The van der Waals surface area contributed by atoms with Gasteiger partial charge in [0.25, 0.3) is 0 Å². The van der Waals surface area contributed by atoms with E-state index in [0.717, 1.165) is 24.3 Å². The Balaban J connectivity index is 1.88. The minimum absolute atomic E-state index is 0.0867. The van der Waals surface area contributed by atoms with E-state index in [9.17, 15) is 9.59 Å². The van der Waals surface area contributed by atoms with Gasteiger partial charge >= 0.3 is 5.97 Å². The Morgan fingerprint density at radius 3 is 2.58 bits per heavy atom. The molecule has 2 rings (SSSR count). The van der Waals surface area contributed by atoms with Crippen molar-refractivity contribution in [2.75, 3.05) is 18.1 Å². The van der Waals surface area contributed by atoms with Crippen LogP contribution in [0.15, 0.2) is 0 Å². The summed E-state index contributed by atoms with van der Waals surface area (Å²) in [6, 6.07) is -0.104. The van der Waals surface area contributed by atoms with Gasteiger partial charge < -0.3 is 10.0 Å². The summed E-state index contributed by atoms with van der Waals surface area (Å²) in [5.74, 6) is 1.61. The highest BCUT2D eigenvalue weighted by Gasteiger charge is 2.30. The van der Waals surface area contributed by atoms with Crippen molar-refractivity contribution in [3.05, 3.63) is 0 Å². The average Bonchev–Trinajstić information content (AvgIpc) is 2.39. The van der Waals surface area contributed by atoms with Gasteiger partial charge in [-0.1, -0.05) is 19.3 Å². The zero-order chi connectivity index (χ0) is 13.7. The summed E-state index contributed by atoms with van der Waals surface area (Å²) in [4.78, 5) is 25.1. The lowest BCUT2D eigenvalue weighted by molar-refractivity contribution is -0.140. The summed E-state index contributed by atoms with van der Waals surface area (Å²) in [6.45, 7) is 0.716. The first kappa shape index (κ1) is 14.7. The van der Waals surface area contributed by atoms with Gasteiger partial charge in [0.1, 0.15) is 0 Å². The van der Waals surface area contributed by atoms with Crippen LogP contribution in [0.2, 0.25) is 0 Å². The molecular weight excluding hydrogens is 262 g/mol. The van der Waals surface area contributed by atoms with Gasteiger partial charge in [0.15, 0.2) is 0 Å². The lowest BCUT2D eigenvalue weighted by Crippen LogP contribution is -2.47. The predicted molar refractivity (Wildman–Crippen MR) is 76.3 cm³/mol. The van der Waals surface area contributed by atoms with Crippen molar-refractivity contribution in [1.29, 1.82) is 0 Å². The summed E-state index contributed by atoms with van der Waals surface area (Å²) in [5, 5.41) is 8.94. The Labute approximate surface area is 118 Å². The smallest absolute Gasteiger partial charge is 0.305 e. The quantitative estimate of drug-likeness (QED) is 0.861. The molecule has 1 aliphatic heterocycles. The lowest BCUT2D eigenvalue weighted by Gasteiger charge is -2.36. The first-order valence-electron chi connectivity index (χ1n) is 7.26. The molecular formula is C14H23NO3S. The topological polar surface area (TPSA) is 57.6 Å². The van der Waals surface area contributed by atoms with Gasteiger partial charge in [-0.2, -0.15) is 11.8 Å². The Morgan fingerprint density at radius 1 is 1.16 bits per heavy atom. The van der Waals surface area contributed by atoms with Crippen LogP contribution in [0.1, 0.15) is 44.9 Å². The standard InChI is InChI=1S/C14H23NO3S/c16-13(8-11-4-2-1-3-5-11)15-6-7-19-10-12(15)9-14(17)18/h11-12H,1-10H2,(H,17,18). The largest absolute Gasteiger partial charge is 0.481 e. The van der Waals surface area contributed by atoms with Crippen molar-refractivity contribution in [1.82, 2.24) is 4.90 Å². The third-order valence-electron chi connectivity index (χ3n) is 4.15. The van der Waals surface area contributed by atoms with Crippen LogP contribution in [0.4, 0.5) is 0 Å². The molecule has 0 aromatic heterocycles. The Hall–Kier alpha value is -0.710. The van der Waals surface area contributed by atoms with Crippen LogP contribution in [-0.4, -0.2) is 46.0 Å². The molecule has 0 bridgehead atoms. The fraction of sp³-hybridized carbons (Fsp3) is 0.857. The number of carboxylic acid groups (broad SMARTS) is 1. The molecule has 4 nitrogen and oxygen atoms in total. The minimum atomic E-state index is -0.803. The van der Waals surface area contributed by atoms with Crippen LogP contribution >= 0.6 is 11.8 Å². The molecule has 108 valence electrons. The van der Waals surface area contributed by atoms with E-state index in [1.165, 1.54) is 19.3 Å². The normalized spacial score (nSPS) is 25.3. The van der Waals surface area contributed by atoms with Crippen molar-refractivity contribution in [2.45, 2.75) is 51.0 Å². The predicted octanol–water partition coefficient (Wildman–Crippen LogP) is 2.38. The van der Waals surface area contributed by atoms with Gasteiger partial charge in [0, 0.05) is 24.5 Å². The first-order valence-corrected chi connectivity index (χ1v) is 8.41. The Kier molecular flexibility index (Phi) is 5.55. The van der Waals surface area contributed by atoms with Crippen LogP contribution in [0.5, 0.6) is 0 Å². The highest BCUT2D eigenvalue weighted by atomic mass is 32.2. The molecule has 1 atom stereocenters. The molecule has 1 saturated heterocycles. The second kappa shape index (κ2) is 7.17. The van der Waals surface area contributed by atoms with Gasteiger partial charge in [0.05, 0.1) is 12.5 Å². The van der Waals surface area contributed by atoms with E-state index < -0.39 is 5.97 Å². The molecule has 1 unspecified atom stereocenters. The zero-order valence-corrected chi connectivity index (χ0v) is 12.2. The molecule has 1 N–H and O–H groups in total. The average molecular weight is 285 g/mol. The first-order chi connectivity index (χ1) is 9.16. The van der Waals surface area contributed by atoms with Crippen LogP contribution in [-0.2, 0) is 9.59 Å². The second-order valence-corrected chi connectivity index (χ2v) is 6.77. The van der Waals surface area contributed by atoms with Crippen molar-refractivity contribution in [3.63, 3.8) is 0 Å². The minimum Gasteiger partial charge on any atom is -0.481 e. The van der Waals surface area contributed by atoms with E-state index in [0.29, 0.717) is 18.9 Å². The third-order valence-corrected chi connectivity index (χ3v) is 5.24. The van der Waals surface area contributed by atoms with E-state index in [1.54, 1.807) is 11.8 Å². The monoisotopic (exact) mass is 285 g/mol. The number of carboxylic acids is 1. The summed E-state index contributed by atoms with van der Waals surface area (Å²) >= 11 is 1.76. The highest BCUT2D eigenvalue weighted by Crippen LogP contribution is 2.28. The van der Waals surface area contributed by atoms with E-state index >= 15 is 0 Å². The van der Waals surface area contributed by atoms with Crippen molar-refractivity contribution < 1.29 is 14.7 Å². The molecule has 5 heteroatoms. The van der Waals surface area contributed by atoms with Gasteiger partial charge in [0.2, 0.25) is 5.91 Å². The number of rotatable bonds is 4. The molecule has 1 heterocycles. The number of hydrogen-bond donors (Lipinski definition) is 1. The van der Waals surface area contributed by atoms with Crippen molar-refractivity contribution in [2.24, 2.45) is 5.92 Å². The number of hydrogen-bond acceptors (Lipinski definition) is 3. The van der Waals surface area contributed by atoms with Gasteiger partial charge in [-0.25, -0.2) is 0 Å². The fourth-order valence-electron chi connectivity index (χ4n) is 3.11. The zero-order valence-electron chi connectivity index (χ0n) is 11.3. The maximum atomic E-state index is 12.4. The molecule has 0 aromatic rings. The van der Waals surface area contributed by atoms with Gasteiger partial charge in [-0.3, -0.25) is 9.59 Å². The van der Waals surface area contributed by atoms with Crippen molar-refractivity contribution in [3.8, 4) is 0 Å². The number of aliphatic carboxylic acids is 1. The molecule has 1 aliphatic carbocycles. The Bertz CT molecular complexity index is 329. The Morgan fingerprint density at radius 2 is 1.89 bits per heavy atom. The van der Waals surface area contributed by atoms with Crippen molar-refractivity contribution >= 4 is 23.6 Å². The van der Waals surface area contributed by atoms with E-state index in [4.69, 9.17) is 5.11 Å². The van der Waals surface area contributed by atoms with Crippen LogP contribution in [0.3, 0.4) is 0 Å². The number of nitrogens with zero attached hydrogens (tertiary/aromatic N) is 1. The van der Waals surface area contributed by atoms with E-state index in [1.807, 2.05) is 4.90 Å². The SMILES string of the molecule is O=C(O)CC1CSCCN1C(=O)CC1CCCCC1. The maximum absolute atomic E-state index is 12.4. The fourth-order valence-corrected chi connectivity index (χ4v) is 4.17. The highest BCUT2D eigenvalue weighted by molar-refractivity contribution is 7.99. The summed E-state index contributed by atoms with van der Waals surface area (Å²) in [7, 11) is 0. The molecule has 19 heavy (non-hydrogen) atoms. The van der Waals surface area contributed by atoms with E-state index in [-0.39, 0.29) is 18.4 Å². The summed E-state index contributed by atoms with van der Waals surface area (Å²) in [6.07, 6.45) is 6.82. The van der Waals surface area contributed by atoms with E-state index in [2.05, 4.69) is 0 Å². The number of carbonyl (C=O) groups excluding carboxylic acids is 1. The molecule has 1 amide bonds. The summed E-state index contributed by atoms with van der Waals surface area (Å²) < 4.78 is 0. The molecule has 2 aliphatic rings. The van der Waals surface area contributed by atoms with Gasteiger partial charge in [-0.15, -0.1) is 0 Å².